The summed E-state index contributed by atoms with van der Waals surface area (Å²) < 4.78 is 4.94. The van der Waals surface area contributed by atoms with Gasteiger partial charge in [-0.15, -0.1) is 0 Å². The van der Waals surface area contributed by atoms with Crippen LogP contribution in [0.5, 0.6) is 0 Å². The average molecular weight is 324 g/mol. The van der Waals surface area contributed by atoms with E-state index in [4.69, 9.17) is 10.5 Å². The Morgan fingerprint density at radius 3 is 2.42 bits per heavy atom. The first-order chi connectivity index (χ1) is 11.1. The molecule has 0 fully saturated rings. The number of carbonyl (C=O) groups excluding carboxylic acids is 2. The minimum Gasteiger partial charge on any atom is -0.399 e. The van der Waals surface area contributed by atoms with E-state index in [1.165, 1.54) is 0 Å². The van der Waals surface area contributed by atoms with Crippen LogP contribution in [0, 0.1) is 5.41 Å². The van der Waals surface area contributed by atoms with Gasteiger partial charge in [0.2, 0.25) is 0 Å². The summed E-state index contributed by atoms with van der Waals surface area (Å²) in [5, 5.41) is 0. The minimum absolute atomic E-state index is 0.426. The van der Waals surface area contributed by atoms with Crippen molar-refractivity contribution in [1.29, 1.82) is 0 Å². The molecule has 5 nitrogen and oxygen atoms in total. The molecule has 1 atom stereocenters. The number of carbonyl (C=O) groups is 2. The molecule has 2 heterocycles. The minimum atomic E-state index is -0.594. The van der Waals surface area contributed by atoms with Crippen molar-refractivity contribution in [1.82, 2.24) is 0 Å². The van der Waals surface area contributed by atoms with Crippen molar-refractivity contribution < 1.29 is 14.3 Å². The summed E-state index contributed by atoms with van der Waals surface area (Å²) >= 11 is 0. The number of ether oxygens (including phenoxy) is 1. The van der Waals surface area contributed by atoms with Gasteiger partial charge in [-0.1, -0.05) is 19.9 Å². The molecule has 1 aromatic rings. The maximum atomic E-state index is 12.4. The summed E-state index contributed by atoms with van der Waals surface area (Å²) in [4.78, 5) is 26.8. The second kappa shape index (κ2) is 4.09. The fourth-order valence-electron chi connectivity index (χ4n) is 4.67. The zero-order valence-corrected chi connectivity index (χ0v) is 14.5. The molecule has 0 saturated carbocycles. The van der Waals surface area contributed by atoms with Crippen LogP contribution in [0.3, 0.4) is 0 Å². The smallest absolute Gasteiger partial charge is 0.346 e. The fraction of sp³-hybridized carbons (Fsp3) is 0.368. The van der Waals surface area contributed by atoms with Gasteiger partial charge >= 0.3 is 11.9 Å². The molecular formula is C19H20N2O3. The molecule has 0 saturated heterocycles. The Bertz CT molecular complexity index is 907. The van der Waals surface area contributed by atoms with Gasteiger partial charge < -0.3 is 15.4 Å². The van der Waals surface area contributed by atoms with Gasteiger partial charge in [0.25, 0.3) is 0 Å². The number of esters is 2. The van der Waals surface area contributed by atoms with E-state index in [9.17, 15) is 9.59 Å². The number of likely N-dealkylation sites (N-methyl/N-ethyl adjacent to an activating group) is 1. The van der Waals surface area contributed by atoms with E-state index in [1.54, 1.807) is 0 Å². The monoisotopic (exact) mass is 324 g/mol. The van der Waals surface area contributed by atoms with Crippen LogP contribution in [0.15, 0.2) is 34.9 Å². The molecule has 1 aliphatic carbocycles. The van der Waals surface area contributed by atoms with E-state index in [0.717, 1.165) is 22.4 Å². The number of rotatable bonds is 0. The van der Waals surface area contributed by atoms with Crippen LogP contribution in [-0.4, -0.2) is 24.5 Å². The van der Waals surface area contributed by atoms with E-state index in [1.807, 2.05) is 46.0 Å². The standard InChI is InChI=1S/C19H20N2O3/c1-9-13-15(17(23)24-16(13)22)18(2,3)19(4)14(9)11-7-6-10(20)8-12(11)21(19)5/h6-8H,20H2,1-5H3. The lowest BCUT2D eigenvalue weighted by Crippen LogP contribution is -2.55. The molecule has 124 valence electrons. The summed E-state index contributed by atoms with van der Waals surface area (Å²) in [7, 11) is 2.01. The quantitative estimate of drug-likeness (QED) is 0.451. The highest BCUT2D eigenvalue weighted by Gasteiger charge is 2.61. The van der Waals surface area contributed by atoms with Crippen LogP contribution in [0.1, 0.15) is 33.3 Å². The van der Waals surface area contributed by atoms with Crippen molar-refractivity contribution in [3.8, 4) is 0 Å². The van der Waals surface area contributed by atoms with Crippen LogP contribution in [0.2, 0.25) is 0 Å². The lowest BCUT2D eigenvalue weighted by atomic mass is 9.59. The van der Waals surface area contributed by atoms with Crippen molar-refractivity contribution in [3.63, 3.8) is 0 Å². The molecule has 5 heteroatoms. The molecule has 0 radical (unpaired) electrons. The molecule has 0 aromatic heterocycles. The van der Waals surface area contributed by atoms with Gasteiger partial charge in [-0.25, -0.2) is 9.59 Å². The lowest BCUT2D eigenvalue weighted by molar-refractivity contribution is -0.151. The molecule has 1 aromatic carbocycles. The van der Waals surface area contributed by atoms with Crippen LogP contribution >= 0.6 is 0 Å². The van der Waals surface area contributed by atoms with Crippen LogP contribution in [0.25, 0.3) is 5.57 Å². The Kier molecular flexibility index (Phi) is 2.56. The maximum Gasteiger partial charge on any atom is 0.346 e. The molecule has 3 aliphatic rings. The number of nitrogens with two attached hydrogens (primary N) is 1. The number of nitrogen functional groups attached to an aromatic ring is 1. The van der Waals surface area contributed by atoms with E-state index >= 15 is 0 Å². The third-order valence-electron chi connectivity index (χ3n) is 6.25. The number of cyclic esters (lactones) is 2. The highest BCUT2D eigenvalue weighted by Crippen LogP contribution is 2.62. The largest absolute Gasteiger partial charge is 0.399 e. The van der Waals surface area contributed by atoms with Gasteiger partial charge in [-0.3, -0.25) is 0 Å². The zero-order chi connectivity index (χ0) is 17.6. The molecule has 2 aliphatic heterocycles. The first-order valence-corrected chi connectivity index (χ1v) is 7.99. The second-order valence-electron chi connectivity index (χ2n) is 7.46. The summed E-state index contributed by atoms with van der Waals surface area (Å²) in [6.07, 6.45) is 0. The molecule has 4 rings (SSSR count). The summed E-state index contributed by atoms with van der Waals surface area (Å²) in [5.41, 5.74) is 10.5. The Labute approximate surface area is 140 Å². The Hall–Kier alpha value is -2.56. The van der Waals surface area contributed by atoms with Crippen LogP contribution in [-0.2, 0) is 14.3 Å². The third kappa shape index (κ3) is 1.37. The van der Waals surface area contributed by atoms with E-state index < -0.39 is 22.9 Å². The van der Waals surface area contributed by atoms with Crippen molar-refractivity contribution >= 4 is 28.9 Å². The van der Waals surface area contributed by atoms with Gasteiger partial charge in [0.1, 0.15) is 0 Å². The number of nitrogens with zero attached hydrogens (tertiary/aromatic N) is 1. The molecule has 1 unspecified atom stereocenters. The van der Waals surface area contributed by atoms with Gasteiger partial charge in [0.15, 0.2) is 0 Å². The Morgan fingerprint density at radius 2 is 1.75 bits per heavy atom. The first kappa shape index (κ1) is 15.0. The lowest BCUT2D eigenvalue weighted by Gasteiger charge is -2.50. The average Bonchev–Trinajstić information content (AvgIpc) is 2.92. The molecule has 2 N–H and O–H groups in total. The maximum absolute atomic E-state index is 12.4. The number of anilines is 2. The Balaban J connectivity index is 2.13. The number of benzene rings is 1. The van der Waals surface area contributed by atoms with E-state index in [2.05, 4.69) is 11.8 Å². The highest BCUT2D eigenvalue weighted by molar-refractivity contribution is 6.19. The number of fused-ring (bicyclic) bond motifs is 3. The normalized spacial score (nSPS) is 27.3. The van der Waals surface area contributed by atoms with Gasteiger partial charge in [-0.2, -0.15) is 0 Å². The predicted octanol–water partition coefficient (Wildman–Crippen LogP) is 2.67. The zero-order valence-electron chi connectivity index (χ0n) is 14.5. The number of hydrogen-bond donors (Lipinski definition) is 1. The summed E-state index contributed by atoms with van der Waals surface area (Å²) in [6.45, 7) is 8.01. The molecule has 0 spiro atoms. The van der Waals surface area contributed by atoms with Gasteiger partial charge in [0, 0.05) is 29.4 Å². The fourth-order valence-corrected chi connectivity index (χ4v) is 4.67. The van der Waals surface area contributed by atoms with Crippen molar-refractivity contribution in [2.75, 3.05) is 17.7 Å². The first-order valence-electron chi connectivity index (χ1n) is 7.99. The number of hydrogen-bond acceptors (Lipinski definition) is 5. The molecule has 0 bridgehead atoms. The van der Waals surface area contributed by atoms with Gasteiger partial charge in [-0.05, 0) is 37.1 Å². The predicted molar refractivity (Wildman–Crippen MR) is 92.2 cm³/mol. The van der Waals surface area contributed by atoms with E-state index in [0.29, 0.717) is 16.8 Å². The third-order valence-corrected chi connectivity index (χ3v) is 6.25. The highest BCUT2D eigenvalue weighted by atomic mass is 16.6. The van der Waals surface area contributed by atoms with Crippen molar-refractivity contribution in [2.45, 2.75) is 33.2 Å². The second-order valence-corrected chi connectivity index (χ2v) is 7.46. The molecular weight excluding hydrogens is 304 g/mol. The molecule has 0 amide bonds. The Morgan fingerprint density at radius 1 is 1.08 bits per heavy atom. The summed E-state index contributed by atoms with van der Waals surface area (Å²) in [5.74, 6) is -1.06. The van der Waals surface area contributed by atoms with Crippen molar-refractivity contribution in [3.05, 3.63) is 40.5 Å². The molecule has 24 heavy (non-hydrogen) atoms. The SMILES string of the molecule is CC1=C2c3ccc(N)cc3N(C)C2(C)C(C)(C)C2=C1C(=O)OC2=O. The van der Waals surface area contributed by atoms with E-state index in [-0.39, 0.29) is 0 Å². The summed E-state index contributed by atoms with van der Waals surface area (Å²) in [6, 6.07) is 5.81. The topological polar surface area (TPSA) is 72.6 Å². The van der Waals surface area contributed by atoms with Gasteiger partial charge in [0.05, 0.1) is 16.7 Å². The van der Waals surface area contributed by atoms with Crippen LogP contribution < -0.4 is 10.6 Å². The van der Waals surface area contributed by atoms with Crippen molar-refractivity contribution in [2.24, 2.45) is 5.41 Å². The van der Waals surface area contributed by atoms with Crippen LogP contribution in [0.4, 0.5) is 11.4 Å².